The quantitative estimate of drug-likeness (QED) is 0.776. The molecule has 72 valence electrons. The molecule has 0 bridgehead atoms. The van der Waals surface area contributed by atoms with Crippen molar-refractivity contribution in [1.29, 1.82) is 0 Å². The second-order valence-corrected chi connectivity index (χ2v) is 3.72. The van der Waals surface area contributed by atoms with Crippen molar-refractivity contribution >= 4 is 34.8 Å². The maximum absolute atomic E-state index is 5.96. The van der Waals surface area contributed by atoms with Gasteiger partial charge in [0.05, 0.1) is 10.7 Å². The SMILES string of the molecule is Clc1ccc(-n2ncnc2Cl)c(Cl)c1. The molecule has 0 amide bonds. The predicted molar refractivity (Wildman–Crippen MR) is 56.4 cm³/mol. The van der Waals surface area contributed by atoms with Gasteiger partial charge < -0.3 is 0 Å². The molecule has 0 radical (unpaired) electrons. The molecule has 6 heteroatoms. The molecule has 3 nitrogen and oxygen atoms in total. The largest absolute Gasteiger partial charge is 0.225 e. The molecular weight excluding hydrogens is 244 g/mol. The zero-order valence-electron chi connectivity index (χ0n) is 6.78. The van der Waals surface area contributed by atoms with Crippen LogP contribution in [0.15, 0.2) is 24.5 Å². The molecule has 1 heterocycles. The highest BCUT2D eigenvalue weighted by atomic mass is 35.5. The highest BCUT2D eigenvalue weighted by Gasteiger charge is 2.07. The summed E-state index contributed by atoms with van der Waals surface area (Å²) in [5, 5.41) is 5.22. The van der Waals surface area contributed by atoms with E-state index in [0.29, 0.717) is 15.7 Å². The van der Waals surface area contributed by atoms with Crippen LogP contribution in [-0.4, -0.2) is 14.8 Å². The molecule has 14 heavy (non-hydrogen) atoms. The summed E-state index contributed by atoms with van der Waals surface area (Å²) in [7, 11) is 0. The highest BCUT2D eigenvalue weighted by Crippen LogP contribution is 2.25. The normalized spacial score (nSPS) is 10.5. The fraction of sp³-hybridized carbons (Fsp3) is 0. The lowest BCUT2D eigenvalue weighted by Gasteiger charge is -2.04. The van der Waals surface area contributed by atoms with Crippen molar-refractivity contribution in [3.63, 3.8) is 0 Å². The minimum absolute atomic E-state index is 0.259. The fourth-order valence-electron chi connectivity index (χ4n) is 1.04. The van der Waals surface area contributed by atoms with Gasteiger partial charge in [-0.1, -0.05) is 23.2 Å². The lowest BCUT2D eigenvalue weighted by molar-refractivity contribution is 0.880. The van der Waals surface area contributed by atoms with Crippen molar-refractivity contribution in [1.82, 2.24) is 14.8 Å². The maximum atomic E-state index is 5.96. The monoisotopic (exact) mass is 247 g/mol. The van der Waals surface area contributed by atoms with E-state index in [1.54, 1.807) is 18.2 Å². The zero-order chi connectivity index (χ0) is 10.1. The molecule has 0 fully saturated rings. The first-order valence-electron chi connectivity index (χ1n) is 3.69. The topological polar surface area (TPSA) is 30.7 Å². The number of hydrogen-bond donors (Lipinski definition) is 0. The molecule has 0 saturated heterocycles. The molecule has 0 aliphatic carbocycles. The van der Waals surface area contributed by atoms with Crippen molar-refractivity contribution in [2.45, 2.75) is 0 Å². The van der Waals surface area contributed by atoms with Crippen LogP contribution >= 0.6 is 34.8 Å². The second-order valence-electron chi connectivity index (χ2n) is 2.54. The highest BCUT2D eigenvalue weighted by molar-refractivity contribution is 6.36. The van der Waals surface area contributed by atoms with Crippen LogP contribution in [0.3, 0.4) is 0 Å². The molecule has 0 saturated carbocycles. The van der Waals surface area contributed by atoms with E-state index in [1.165, 1.54) is 11.0 Å². The third-order valence-electron chi connectivity index (χ3n) is 1.64. The van der Waals surface area contributed by atoms with Crippen LogP contribution in [0.25, 0.3) is 5.69 Å². The van der Waals surface area contributed by atoms with Crippen molar-refractivity contribution in [2.75, 3.05) is 0 Å². The van der Waals surface area contributed by atoms with E-state index in [1.807, 2.05) is 0 Å². The Bertz CT molecular complexity index is 467. The van der Waals surface area contributed by atoms with Crippen LogP contribution in [0.5, 0.6) is 0 Å². The van der Waals surface area contributed by atoms with E-state index < -0.39 is 0 Å². The number of rotatable bonds is 1. The van der Waals surface area contributed by atoms with Crippen LogP contribution < -0.4 is 0 Å². The fourth-order valence-corrected chi connectivity index (χ4v) is 1.71. The summed E-state index contributed by atoms with van der Waals surface area (Å²) in [6, 6.07) is 5.06. The molecule has 1 aromatic carbocycles. The number of aromatic nitrogens is 3. The molecular formula is C8H4Cl3N3. The summed E-state index contributed by atoms with van der Waals surface area (Å²) >= 11 is 17.5. The Hall–Kier alpha value is -0.770. The summed E-state index contributed by atoms with van der Waals surface area (Å²) in [5.74, 6) is 0. The van der Waals surface area contributed by atoms with Gasteiger partial charge in [0.15, 0.2) is 0 Å². The Kier molecular flexibility index (Phi) is 2.63. The molecule has 0 aliphatic rings. The van der Waals surface area contributed by atoms with Crippen LogP contribution in [0, 0.1) is 0 Å². The molecule has 0 N–H and O–H groups in total. The maximum Gasteiger partial charge on any atom is 0.225 e. The van der Waals surface area contributed by atoms with Crippen molar-refractivity contribution in [3.05, 3.63) is 39.9 Å². The summed E-state index contributed by atoms with van der Waals surface area (Å²) in [4.78, 5) is 3.78. The summed E-state index contributed by atoms with van der Waals surface area (Å²) < 4.78 is 1.43. The Labute approximate surface area is 95.2 Å². The average Bonchev–Trinajstić information content (AvgIpc) is 2.52. The molecule has 0 spiro atoms. The summed E-state index contributed by atoms with van der Waals surface area (Å²) in [6.07, 6.45) is 1.35. The van der Waals surface area contributed by atoms with Gasteiger partial charge in [-0.15, -0.1) is 0 Å². The Balaban J connectivity index is 2.58. The van der Waals surface area contributed by atoms with Gasteiger partial charge >= 0.3 is 0 Å². The van der Waals surface area contributed by atoms with Gasteiger partial charge in [0.25, 0.3) is 0 Å². The molecule has 0 unspecified atom stereocenters. The summed E-state index contributed by atoms with van der Waals surface area (Å²) in [6.45, 7) is 0. The second kappa shape index (κ2) is 3.77. The van der Waals surface area contributed by atoms with E-state index >= 15 is 0 Å². The van der Waals surface area contributed by atoms with Gasteiger partial charge in [-0.25, -0.2) is 9.67 Å². The average molecular weight is 248 g/mol. The zero-order valence-corrected chi connectivity index (χ0v) is 9.05. The van der Waals surface area contributed by atoms with Gasteiger partial charge in [-0.2, -0.15) is 5.10 Å². The molecule has 1 aromatic heterocycles. The first-order valence-corrected chi connectivity index (χ1v) is 4.83. The van der Waals surface area contributed by atoms with Crippen LogP contribution in [0.1, 0.15) is 0 Å². The molecule has 2 rings (SSSR count). The van der Waals surface area contributed by atoms with Gasteiger partial charge in [-0.05, 0) is 29.8 Å². The predicted octanol–water partition coefficient (Wildman–Crippen LogP) is 3.23. The molecule has 0 atom stereocenters. The summed E-state index contributed by atoms with van der Waals surface area (Å²) in [5.41, 5.74) is 0.651. The first-order chi connectivity index (χ1) is 6.68. The number of nitrogens with zero attached hydrogens (tertiary/aromatic N) is 3. The third kappa shape index (κ3) is 1.71. The molecule has 0 aliphatic heterocycles. The van der Waals surface area contributed by atoms with Crippen LogP contribution in [0.4, 0.5) is 0 Å². The van der Waals surface area contributed by atoms with Gasteiger partial charge in [0, 0.05) is 5.02 Å². The van der Waals surface area contributed by atoms with Gasteiger partial charge in [0.1, 0.15) is 6.33 Å². The van der Waals surface area contributed by atoms with Gasteiger partial charge in [0.2, 0.25) is 5.28 Å². The van der Waals surface area contributed by atoms with E-state index in [9.17, 15) is 0 Å². The molecule has 2 aromatic rings. The van der Waals surface area contributed by atoms with Crippen LogP contribution in [-0.2, 0) is 0 Å². The number of hydrogen-bond acceptors (Lipinski definition) is 2. The lowest BCUT2D eigenvalue weighted by atomic mass is 10.3. The Morgan fingerprint density at radius 3 is 2.50 bits per heavy atom. The minimum Gasteiger partial charge on any atom is -0.204 e. The Morgan fingerprint density at radius 2 is 1.93 bits per heavy atom. The van der Waals surface area contributed by atoms with E-state index in [-0.39, 0.29) is 5.28 Å². The standard InChI is InChI=1S/C8H4Cl3N3/c9-5-1-2-7(6(10)3-5)14-8(11)12-4-13-14/h1-4H. The number of halogens is 3. The Morgan fingerprint density at radius 1 is 1.14 bits per heavy atom. The lowest BCUT2D eigenvalue weighted by Crippen LogP contribution is -1.97. The van der Waals surface area contributed by atoms with Crippen molar-refractivity contribution < 1.29 is 0 Å². The number of benzene rings is 1. The van der Waals surface area contributed by atoms with Crippen molar-refractivity contribution in [3.8, 4) is 5.69 Å². The van der Waals surface area contributed by atoms with E-state index in [2.05, 4.69) is 10.1 Å². The first kappa shape index (κ1) is 9.77. The minimum atomic E-state index is 0.259. The smallest absolute Gasteiger partial charge is 0.204 e. The van der Waals surface area contributed by atoms with E-state index in [0.717, 1.165) is 0 Å². The van der Waals surface area contributed by atoms with Crippen molar-refractivity contribution in [2.24, 2.45) is 0 Å². The van der Waals surface area contributed by atoms with E-state index in [4.69, 9.17) is 34.8 Å². The van der Waals surface area contributed by atoms with Crippen LogP contribution in [0.2, 0.25) is 15.3 Å². The third-order valence-corrected chi connectivity index (χ3v) is 2.44. The van der Waals surface area contributed by atoms with Gasteiger partial charge in [-0.3, -0.25) is 0 Å².